The van der Waals surface area contributed by atoms with Crippen LogP contribution in [0, 0.1) is 0 Å². The van der Waals surface area contributed by atoms with Crippen molar-refractivity contribution in [3.05, 3.63) is 30.1 Å². The van der Waals surface area contributed by atoms with Crippen molar-refractivity contribution in [1.29, 1.82) is 0 Å². The average molecular weight is 224 g/mol. The molecule has 0 unspecified atom stereocenters. The van der Waals surface area contributed by atoms with E-state index in [1.807, 2.05) is 12.3 Å². The molecule has 4 heteroatoms. The number of nitrogens with two attached hydrogens (primary N) is 1. The number of ether oxygens (including phenoxy) is 1. The van der Waals surface area contributed by atoms with E-state index in [0.717, 1.165) is 6.42 Å². The molecule has 0 fully saturated rings. The van der Waals surface area contributed by atoms with Crippen LogP contribution in [-0.4, -0.2) is 16.7 Å². The van der Waals surface area contributed by atoms with E-state index in [1.54, 1.807) is 27.0 Å². The molecule has 1 aromatic heterocycles. The minimum Gasteiger partial charge on any atom is -0.444 e. The van der Waals surface area contributed by atoms with Crippen molar-refractivity contribution in [2.24, 2.45) is 5.73 Å². The van der Waals surface area contributed by atoms with Gasteiger partial charge in [-0.05, 0) is 38.8 Å². The molecule has 0 aliphatic rings. The molecule has 90 valence electrons. The monoisotopic (exact) mass is 224 g/mol. The largest absolute Gasteiger partial charge is 0.444 e. The number of aromatic nitrogens is 1. The zero-order valence-corrected chi connectivity index (χ0v) is 10.4. The molecule has 1 aromatic rings. The van der Waals surface area contributed by atoms with Crippen LogP contribution in [0.1, 0.15) is 33.3 Å². The second kappa shape index (κ2) is 6.82. The minimum atomic E-state index is -0.725. The summed E-state index contributed by atoms with van der Waals surface area (Å²) >= 11 is 0. The first-order chi connectivity index (χ1) is 7.35. The quantitative estimate of drug-likeness (QED) is 0.797. The van der Waals surface area contributed by atoms with Gasteiger partial charge in [0.15, 0.2) is 0 Å². The van der Waals surface area contributed by atoms with E-state index >= 15 is 0 Å². The van der Waals surface area contributed by atoms with E-state index in [0.29, 0.717) is 0 Å². The third kappa shape index (κ3) is 8.99. The lowest BCUT2D eigenvalue weighted by Crippen LogP contribution is -2.27. The summed E-state index contributed by atoms with van der Waals surface area (Å²) in [5.41, 5.74) is 5.56. The molecule has 0 aliphatic carbocycles. The molecule has 0 aliphatic heterocycles. The van der Waals surface area contributed by atoms with Crippen LogP contribution >= 0.6 is 0 Å². The maximum absolute atomic E-state index is 10.0. The number of aryl methyl sites for hydroxylation is 1. The van der Waals surface area contributed by atoms with Gasteiger partial charge >= 0.3 is 6.09 Å². The fourth-order valence-electron chi connectivity index (χ4n) is 0.909. The van der Waals surface area contributed by atoms with E-state index in [9.17, 15) is 4.79 Å². The van der Waals surface area contributed by atoms with Crippen LogP contribution < -0.4 is 5.73 Å². The zero-order valence-electron chi connectivity index (χ0n) is 10.4. The number of rotatable bonds is 1. The summed E-state index contributed by atoms with van der Waals surface area (Å²) < 4.78 is 4.58. The van der Waals surface area contributed by atoms with Crippen LogP contribution in [0.5, 0.6) is 0 Å². The molecule has 0 saturated heterocycles. The van der Waals surface area contributed by atoms with Crippen molar-refractivity contribution in [2.75, 3.05) is 0 Å². The van der Waals surface area contributed by atoms with Crippen LogP contribution in [-0.2, 0) is 11.2 Å². The lowest BCUT2D eigenvalue weighted by molar-refractivity contribution is 0.0600. The number of nitrogens with zero attached hydrogens (tertiary/aromatic N) is 1. The maximum atomic E-state index is 10.0. The van der Waals surface area contributed by atoms with Crippen molar-refractivity contribution >= 4 is 6.09 Å². The number of pyridine rings is 1. The summed E-state index contributed by atoms with van der Waals surface area (Å²) in [4.78, 5) is 14.0. The highest BCUT2D eigenvalue weighted by Gasteiger charge is 2.12. The van der Waals surface area contributed by atoms with Gasteiger partial charge < -0.3 is 10.5 Å². The number of carbonyl (C=O) groups is 1. The Hall–Kier alpha value is -1.58. The molecule has 0 aromatic carbocycles. The van der Waals surface area contributed by atoms with Gasteiger partial charge in [-0.15, -0.1) is 0 Å². The number of amides is 1. The molecule has 1 rings (SSSR count). The molecule has 16 heavy (non-hydrogen) atoms. The smallest absolute Gasteiger partial charge is 0.405 e. The molecular weight excluding hydrogens is 204 g/mol. The standard InChI is InChI=1S/C7H9N.C5H11NO2/c1-2-7-4-3-5-8-6-7;1-5(2,3)8-4(6)7/h3-6H,2H2,1H3;1-3H3,(H2,6,7). The third-order valence-corrected chi connectivity index (χ3v) is 1.54. The van der Waals surface area contributed by atoms with E-state index in [4.69, 9.17) is 5.73 Å². The Bertz CT molecular complexity index is 305. The van der Waals surface area contributed by atoms with Crippen molar-refractivity contribution in [2.45, 2.75) is 39.7 Å². The molecule has 0 radical (unpaired) electrons. The van der Waals surface area contributed by atoms with Crippen molar-refractivity contribution in [1.82, 2.24) is 4.98 Å². The molecule has 0 saturated carbocycles. The second-order valence-electron chi connectivity index (χ2n) is 4.25. The molecule has 0 spiro atoms. The summed E-state index contributed by atoms with van der Waals surface area (Å²) in [6.07, 6.45) is 4.03. The van der Waals surface area contributed by atoms with Gasteiger partial charge in [-0.3, -0.25) is 4.98 Å². The summed E-state index contributed by atoms with van der Waals surface area (Å²) in [5.74, 6) is 0. The topological polar surface area (TPSA) is 65.2 Å². The minimum absolute atomic E-state index is 0.453. The number of primary amides is 1. The number of hydrogen-bond donors (Lipinski definition) is 1. The van der Waals surface area contributed by atoms with Gasteiger partial charge in [-0.25, -0.2) is 4.79 Å². The van der Waals surface area contributed by atoms with Crippen molar-refractivity contribution < 1.29 is 9.53 Å². The summed E-state index contributed by atoms with van der Waals surface area (Å²) in [6, 6.07) is 4.03. The van der Waals surface area contributed by atoms with E-state index in [1.165, 1.54) is 5.56 Å². The summed E-state index contributed by atoms with van der Waals surface area (Å²) in [6.45, 7) is 7.41. The van der Waals surface area contributed by atoms with Crippen LogP contribution in [0.4, 0.5) is 4.79 Å². The maximum Gasteiger partial charge on any atom is 0.405 e. The molecule has 4 nitrogen and oxygen atoms in total. The highest BCUT2D eigenvalue weighted by molar-refractivity contribution is 5.65. The van der Waals surface area contributed by atoms with Gasteiger partial charge in [0, 0.05) is 12.4 Å². The Kier molecular flexibility index (Phi) is 6.15. The highest BCUT2D eigenvalue weighted by Crippen LogP contribution is 2.04. The van der Waals surface area contributed by atoms with E-state index < -0.39 is 11.7 Å². The summed E-state index contributed by atoms with van der Waals surface area (Å²) in [7, 11) is 0. The predicted octanol–water partition coefficient (Wildman–Crippen LogP) is 2.52. The molecule has 2 N–H and O–H groups in total. The summed E-state index contributed by atoms with van der Waals surface area (Å²) in [5, 5.41) is 0. The van der Waals surface area contributed by atoms with Gasteiger partial charge in [-0.1, -0.05) is 13.0 Å². The first-order valence-electron chi connectivity index (χ1n) is 5.22. The Labute approximate surface area is 96.8 Å². The first-order valence-corrected chi connectivity index (χ1v) is 5.22. The van der Waals surface area contributed by atoms with E-state index in [2.05, 4.69) is 22.7 Å². The Morgan fingerprint density at radius 1 is 1.50 bits per heavy atom. The second-order valence-corrected chi connectivity index (χ2v) is 4.25. The van der Waals surface area contributed by atoms with Crippen molar-refractivity contribution in [3.8, 4) is 0 Å². The Morgan fingerprint density at radius 2 is 2.12 bits per heavy atom. The van der Waals surface area contributed by atoms with E-state index in [-0.39, 0.29) is 0 Å². The van der Waals surface area contributed by atoms with Crippen LogP contribution in [0.2, 0.25) is 0 Å². The predicted molar refractivity (Wildman–Crippen MR) is 64.0 cm³/mol. The molecule has 0 bridgehead atoms. The van der Waals surface area contributed by atoms with Gasteiger partial charge in [0.05, 0.1) is 0 Å². The highest BCUT2D eigenvalue weighted by atomic mass is 16.6. The fourth-order valence-corrected chi connectivity index (χ4v) is 0.909. The van der Waals surface area contributed by atoms with Gasteiger partial charge in [0.25, 0.3) is 0 Å². The zero-order chi connectivity index (χ0) is 12.6. The van der Waals surface area contributed by atoms with Crippen molar-refractivity contribution in [3.63, 3.8) is 0 Å². The van der Waals surface area contributed by atoms with Crippen LogP contribution in [0.3, 0.4) is 0 Å². The van der Waals surface area contributed by atoms with Gasteiger partial charge in [-0.2, -0.15) is 0 Å². The first kappa shape index (κ1) is 14.4. The third-order valence-electron chi connectivity index (χ3n) is 1.54. The van der Waals surface area contributed by atoms with Crippen LogP contribution in [0.25, 0.3) is 0 Å². The molecule has 1 amide bonds. The van der Waals surface area contributed by atoms with Crippen LogP contribution in [0.15, 0.2) is 24.5 Å². The molecular formula is C12H20N2O2. The lowest BCUT2D eigenvalue weighted by atomic mass is 10.2. The van der Waals surface area contributed by atoms with Gasteiger partial charge in [0.1, 0.15) is 5.60 Å². The molecule has 0 atom stereocenters. The normalized spacial score (nSPS) is 10.0. The lowest BCUT2D eigenvalue weighted by Gasteiger charge is -2.16. The Morgan fingerprint density at radius 3 is 2.31 bits per heavy atom. The van der Waals surface area contributed by atoms with Gasteiger partial charge in [0.2, 0.25) is 0 Å². The average Bonchev–Trinajstić information content (AvgIpc) is 2.16. The fraction of sp³-hybridized carbons (Fsp3) is 0.500. The SMILES string of the molecule is CC(C)(C)OC(N)=O.CCc1cccnc1. The number of carbonyl (C=O) groups excluding carboxylic acids is 1. The number of hydrogen-bond acceptors (Lipinski definition) is 3. The Balaban J connectivity index is 0.000000281. The molecule has 1 heterocycles.